The second-order valence-corrected chi connectivity index (χ2v) is 10.5. The Balaban J connectivity index is 2.09. The minimum absolute atomic E-state index is 0.334. The van der Waals surface area contributed by atoms with Crippen LogP contribution in [0.15, 0.2) is 78.9 Å². The monoisotopic (exact) mass is 498 g/mol. The predicted octanol–water partition coefficient (Wildman–Crippen LogP) is 9.32. The van der Waals surface area contributed by atoms with Gasteiger partial charge in [-0.15, -0.1) is 0 Å². The minimum atomic E-state index is -0.334. The number of ether oxygens (including phenoxy) is 1. The first-order chi connectivity index (χ1) is 18.2. The molecule has 0 heterocycles. The first-order valence-corrected chi connectivity index (χ1v) is 13.2. The van der Waals surface area contributed by atoms with Gasteiger partial charge < -0.3 is 4.74 Å². The van der Waals surface area contributed by atoms with Gasteiger partial charge in [0.05, 0.1) is 0 Å². The van der Waals surface area contributed by atoms with Crippen LogP contribution >= 0.6 is 0 Å². The first kappa shape index (κ1) is 25.5. The fraction of sp³-hybridized carbons (Fsp3) is 0.194. The average molecular weight is 499 g/mol. The summed E-state index contributed by atoms with van der Waals surface area (Å²) < 4.78 is 6.34. The van der Waals surface area contributed by atoms with Crippen LogP contribution in [0.4, 0.5) is 0 Å². The molecule has 0 aliphatic carbocycles. The lowest BCUT2D eigenvalue weighted by Crippen LogP contribution is -2.09. The van der Waals surface area contributed by atoms with E-state index in [-0.39, 0.29) is 5.97 Å². The lowest BCUT2D eigenvalue weighted by Gasteiger charge is -2.24. The molecule has 0 bridgehead atoms. The zero-order valence-electron chi connectivity index (χ0n) is 23.3. The maximum absolute atomic E-state index is 12.9. The summed E-state index contributed by atoms with van der Waals surface area (Å²) in [5.41, 5.74) is 11.2. The van der Waals surface area contributed by atoms with Crippen molar-refractivity contribution in [1.29, 1.82) is 0 Å². The number of hydrogen-bond acceptors (Lipinski definition) is 2. The van der Waals surface area contributed by atoms with E-state index >= 15 is 0 Å². The molecule has 0 unspecified atom stereocenters. The molecule has 0 aliphatic heterocycles. The standard InChI is InChI=1S/C36H34O2/c1-21-16-23(3)32(24(4)17-21)35(33-25(5)18-22(2)19-26(33)6)36(38-27(7)37)34-30-14-10-8-12-28(30)20-29-13-9-11-15-31(29)34/h8-20H,1-7H3. The highest BCUT2D eigenvalue weighted by atomic mass is 16.5. The maximum atomic E-state index is 12.9. The van der Waals surface area contributed by atoms with E-state index in [1.807, 2.05) is 0 Å². The summed E-state index contributed by atoms with van der Waals surface area (Å²) in [5, 5.41) is 4.34. The minimum Gasteiger partial charge on any atom is -0.425 e. The van der Waals surface area contributed by atoms with E-state index in [4.69, 9.17) is 4.74 Å². The average Bonchev–Trinajstić information content (AvgIpc) is 2.84. The highest BCUT2D eigenvalue weighted by molar-refractivity contribution is 6.14. The van der Waals surface area contributed by atoms with Crippen molar-refractivity contribution in [2.75, 3.05) is 0 Å². The van der Waals surface area contributed by atoms with Crippen LogP contribution in [0, 0.1) is 41.5 Å². The van der Waals surface area contributed by atoms with Gasteiger partial charge in [-0.1, -0.05) is 83.9 Å². The zero-order valence-corrected chi connectivity index (χ0v) is 23.3. The van der Waals surface area contributed by atoms with Gasteiger partial charge in [0.25, 0.3) is 0 Å². The molecule has 5 aromatic rings. The van der Waals surface area contributed by atoms with Gasteiger partial charge in [0, 0.05) is 18.1 Å². The van der Waals surface area contributed by atoms with Crippen molar-refractivity contribution in [1.82, 2.24) is 0 Å². The number of hydrogen-bond donors (Lipinski definition) is 0. The summed E-state index contributed by atoms with van der Waals surface area (Å²) in [5.74, 6) is 0.273. The molecule has 0 aromatic heterocycles. The molecular formula is C36H34O2. The normalized spacial score (nSPS) is 11.1. The third-order valence-electron chi connectivity index (χ3n) is 7.33. The molecule has 38 heavy (non-hydrogen) atoms. The van der Waals surface area contributed by atoms with E-state index in [0.29, 0.717) is 5.76 Å². The van der Waals surface area contributed by atoms with Crippen molar-refractivity contribution >= 4 is 38.8 Å². The molecule has 0 saturated carbocycles. The number of fused-ring (bicyclic) bond motifs is 2. The summed E-state index contributed by atoms with van der Waals surface area (Å²) >= 11 is 0. The fourth-order valence-corrected chi connectivity index (χ4v) is 6.13. The maximum Gasteiger partial charge on any atom is 0.308 e. The Labute approximate surface area is 225 Å². The Hall–Kier alpha value is -4.17. The molecule has 5 rings (SSSR count). The fourth-order valence-electron chi connectivity index (χ4n) is 6.13. The lowest BCUT2D eigenvalue weighted by molar-refractivity contribution is -0.134. The predicted molar refractivity (Wildman–Crippen MR) is 160 cm³/mol. The van der Waals surface area contributed by atoms with Gasteiger partial charge in [-0.05, 0) is 103 Å². The zero-order chi connectivity index (χ0) is 27.1. The Morgan fingerprint density at radius 1 is 0.553 bits per heavy atom. The molecule has 2 heteroatoms. The second-order valence-electron chi connectivity index (χ2n) is 10.5. The lowest BCUT2D eigenvalue weighted by atomic mass is 9.82. The molecule has 0 spiro atoms. The Kier molecular flexibility index (Phi) is 6.67. The highest BCUT2D eigenvalue weighted by Crippen LogP contribution is 2.44. The van der Waals surface area contributed by atoms with Crippen LogP contribution in [0.5, 0.6) is 0 Å². The Morgan fingerprint density at radius 2 is 0.947 bits per heavy atom. The highest BCUT2D eigenvalue weighted by Gasteiger charge is 2.26. The number of rotatable bonds is 4. The van der Waals surface area contributed by atoms with Crippen molar-refractivity contribution in [2.45, 2.75) is 48.5 Å². The summed E-state index contributed by atoms with van der Waals surface area (Å²) in [6, 6.07) is 27.8. The summed E-state index contributed by atoms with van der Waals surface area (Å²) in [4.78, 5) is 12.9. The molecule has 0 aliphatic rings. The number of benzene rings is 5. The van der Waals surface area contributed by atoms with Crippen molar-refractivity contribution in [3.8, 4) is 0 Å². The van der Waals surface area contributed by atoms with Gasteiger partial charge in [-0.25, -0.2) is 0 Å². The van der Waals surface area contributed by atoms with E-state index in [2.05, 4.69) is 120 Å². The molecule has 0 radical (unpaired) electrons. The second kappa shape index (κ2) is 9.95. The molecule has 0 N–H and O–H groups in total. The van der Waals surface area contributed by atoms with Gasteiger partial charge >= 0.3 is 5.97 Å². The first-order valence-electron chi connectivity index (χ1n) is 13.2. The topological polar surface area (TPSA) is 26.3 Å². The largest absolute Gasteiger partial charge is 0.425 e. The van der Waals surface area contributed by atoms with Crippen LogP contribution in [-0.2, 0) is 9.53 Å². The molecule has 0 amide bonds. The third-order valence-corrected chi connectivity index (χ3v) is 7.33. The van der Waals surface area contributed by atoms with Gasteiger partial charge in [0.15, 0.2) is 0 Å². The number of esters is 1. The number of carbonyl (C=O) groups excluding carboxylic acids is 1. The van der Waals surface area contributed by atoms with Crippen LogP contribution in [0.3, 0.4) is 0 Å². The summed E-state index contributed by atoms with van der Waals surface area (Å²) in [6.45, 7) is 14.4. The van der Waals surface area contributed by atoms with Gasteiger partial charge in [0.1, 0.15) is 5.76 Å². The van der Waals surface area contributed by atoms with Crippen LogP contribution in [0.25, 0.3) is 32.9 Å². The molecule has 190 valence electrons. The molecule has 0 fully saturated rings. The number of carbonyl (C=O) groups is 1. The van der Waals surface area contributed by atoms with E-state index in [1.54, 1.807) is 0 Å². The van der Waals surface area contributed by atoms with Crippen LogP contribution in [-0.4, -0.2) is 5.97 Å². The molecule has 5 aromatic carbocycles. The van der Waals surface area contributed by atoms with Crippen molar-refractivity contribution in [3.05, 3.63) is 129 Å². The SMILES string of the molecule is CC(=O)OC(=C(c1c(C)cc(C)cc1C)c1c(C)cc(C)cc1C)c1c2ccccc2cc2ccccc12. The van der Waals surface area contributed by atoms with Gasteiger partial charge in [-0.2, -0.15) is 0 Å². The van der Waals surface area contributed by atoms with Crippen LogP contribution < -0.4 is 0 Å². The summed E-state index contributed by atoms with van der Waals surface area (Å²) in [6.07, 6.45) is 0. The molecule has 2 nitrogen and oxygen atoms in total. The van der Waals surface area contributed by atoms with Gasteiger partial charge in [0.2, 0.25) is 0 Å². The van der Waals surface area contributed by atoms with Crippen molar-refractivity contribution in [2.24, 2.45) is 0 Å². The van der Waals surface area contributed by atoms with Gasteiger partial charge in [-0.3, -0.25) is 4.79 Å². The summed E-state index contributed by atoms with van der Waals surface area (Å²) in [7, 11) is 0. The van der Waals surface area contributed by atoms with Crippen LogP contribution in [0.1, 0.15) is 57.0 Å². The van der Waals surface area contributed by atoms with E-state index in [9.17, 15) is 4.79 Å². The molecule has 0 atom stereocenters. The Morgan fingerprint density at radius 3 is 1.34 bits per heavy atom. The van der Waals surface area contributed by atoms with Crippen molar-refractivity contribution in [3.63, 3.8) is 0 Å². The van der Waals surface area contributed by atoms with Crippen molar-refractivity contribution < 1.29 is 9.53 Å². The third kappa shape index (κ3) is 4.52. The smallest absolute Gasteiger partial charge is 0.308 e. The molecular weight excluding hydrogens is 464 g/mol. The Bertz CT molecular complexity index is 1610. The van der Waals surface area contributed by atoms with Crippen LogP contribution in [0.2, 0.25) is 0 Å². The number of aryl methyl sites for hydroxylation is 6. The quantitative estimate of drug-likeness (QED) is 0.107. The van der Waals surface area contributed by atoms with E-state index in [1.165, 1.54) is 18.1 Å². The molecule has 0 saturated heterocycles. The van der Waals surface area contributed by atoms with E-state index in [0.717, 1.165) is 66.1 Å². The van der Waals surface area contributed by atoms with E-state index < -0.39 is 0 Å².